The van der Waals surface area contributed by atoms with E-state index in [0.29, 0.717) is 5.56 Å². The fourth-order valence-corrected chi connectivity index (χ4v) is 6.48. The summed E-state index contributed by atoms with van der Waals surface area (Å²) < 4.78 is 0. The zero-order valence-corrected chi connectivity index (χ0v) is 20.6. The highest BCUT2D eigenvalue weighted by Crippen LogP contribution is 2.26. The van der Waals surface area contributed by atoms with Crippen LogP contribution >= 0.6 is 11.8 Å². The molecule has 3 aromatic carbocycles. The normalized spacial score (nSPS) is 12.0. The van der Waals surface area contributed by atoms with Crippen molar-refractivity contribution in [1.82, 2.24) is 0 Å². The molecule has 0 amide bonds. The Morgan fingerprint density at radius 1 is 0.812 bits per heavy atom. The molecule has 0 spiro atoms. The fourth-order valence-electron chi connectivity index (χ4n) is 3.06. The maximum Gasteiger partial charge on any atom is 0.277 e. The average Bonchev–Trinajstić information content (AvgIpc) is 2.77. The van der Waals surface area contributed by atoms with Gasteiger partial charge in [-0.2, -0.15) is 0 Å². The first-order valence-electron chi connectivity index (χ1n) is 10.7. The van der Waals surface area contributed by atoms with Gasteiger partial charge in [-0.15, -0.1) is 11.8 Å². The monoisotopic (exact) mass is 459 g/mol. The highest BCUT2D eigenvalue weighted by Gasteiger charge is 2.13. The van der Waals surface area contributed by atoms with E-state index in [9.17, 15) is 10.1 Å². The first kappa shape index (κ1) is 23.8. The molecule has 0 N–H and O–H groups in total. The van der Waals surface area contributed by atoms with Gasteiger partial charge in [0.15, 0.2) is 0 Å². The topological polar surface area (TPSA) is 43.1 Å². The van der Waals surface area contributed by atoms with Crippen molar-refractivity contribution in [1.29, 1.82) is 0 Å². The van der Waals surface area contributed by atoms with Crippen LogP contribution in [0.2, 0.25) is 25.7 Å². The molecule has 3 aromatic rings. The van der Waals surface area contributed by atoms with E-state index in [-0.39, 0.29) is 10.6 Å². The van der Waals surface area contributed by atoms with Crippen LogP contribution in [0, 0.1) is 10.1 Å². The van der Waals surface area contributed by atoms with Gasteiger partial charge in [0, 0.05) is 19.0 Å². The highest BCUT2D eigenvalue weighted by molar-refractivity contribution is 7.99. The van der Waals surface area contributed by atoms with Crippen LogP contribution in [0.3, 0.4) is 0 Å². The number of hydrogen-bond acceptors (Lipinski definition) is 3. The lowest BCUT2D eigenvalue weighted by Gasteiger charge is -2.14. The second kappa shape index (κ2) is 11.1. The van der Waals surface area contributed by atoms with Gasteiger partial charge < -0.3 is 0 Å². The predicted octanol–water partition coefficient (Wildman–Crippen LogP) is 8.37. The minimum absolute atomic E-state index is 0.106. The Hall–Kier alpha value is -2.89. The molecule has 0 heterocycles. The van der Waals surface area contributed by atoms with Crippen LogP contribution in [0.4, 0.5) is 5.69 Å². The van der Waals surface area contributed by atoms with Gasteiger partial charge in [-0.3, -0.25) is 10.1 Å². The molecule has 0 bridgehead atoms. The molecule has 3 nitrogen and oxygen atoms in total. The van der Waals surface area contributed by atoms with Crippen molar-refractivity contribution in [2.45, 2.75) is 30.6 Å². The maximum atomic E-state index is 11.6. The van der Waals surface area contributed by atoms with E-state index in [2.05, 4.69) is 43.9 Å². The van der Waals surface area contributed by atoms with Crippen molar-refractivity contribution in [2.75, 3.05) is 5.75 Å². The van der Waals surface area contributed by atoms with Crippen molar-refractivity contribution < 1.29 is 4.92 Å². The lowest BCUT2D eigenvalue weighted by molar-refractivity contribution is -0.385. The number of nitrogens with zero attached hydrogens (tertiary/aromatic N) is 1. The SMILES string of the molecule is C[Si](C)(C)CCSc1ccc(/C=C/c2ccc(/C=C/c3ccccc3)cc2[N+](=O)[O-])cc1. The zero-order valence-electron chi connectivity index (χ0n) is 18.8. The summed E-state index contributed by atoms with van der Waals surface area (Å²) in [6, 6.07) is 24.9. The Morgan fingerprint density at radius 2 is 1.41 bits per heavy atom. The summed E-state index contributed by atoms with van der Waals surface area (Å²) in [5, 5.41) is 11.6. The molecule has 0 aliphatic heterocycles. The van der Waals surface area contributed by atoms with E-state index >= 15 is 0 Å². The summed E-state index contributed by atoms with van der Waals surface area (Å²) in [7, 11) is -1.01. The molecular formula is C27H29NO2SSi. The van der Waals surface area contributed by atoms with Gasteiger partial charge in [-0.1, -0.05) is 86.4 Å². The summed E-state index contributed by atoms with van der Waals surface area (Å²) in [6.07, 6.45) is 7.60. The minimum Gasteiger partial charge on any atom is -0.258 e. The number of benzene rings is 3. The molecule has 0 aliphatic carbocycles. The largest absolute Gasteiger partial charge is 0.277 e. The van der Waals surface area contributed by atoms with Crippen LogP contribution in [0.15, 0.2) is 77.7 Å². The summed E-state index contributed by atoms with van der Waals surface area (Å²) in [6.45, 7) is 7.19. The van der Waals surface area contributed by atoms with E-state index in [1.807, 2.05) is 72.5 Å². The van der Waals surface area contributed by atoms with Crippen molar-refractivity contribution in [3.05, 3.63) is 105 Å². The quantitative estimate of drug-likeness (QED) is 0.106. The second-order valence-corrected chi connectivity index (χ2v) is 15.7. The third-order valence-electron chi connectivity index (χ3n) is 4.98. The number of rotatable bonds is 9. The van der Waals surface area contributed by atoms with Crippen molar-refractivity contribution in [3.63, 3.8) is 0 Å². The van der Waals surface area contributed by atoms with Crippen molar-refractivity contribution >= 4 is 49.8 Å². The van der Waals surface area contributed by atoms with Crippen molar-refractivity contribution in [2.24, 2.45) is 0 Å². The molecule has 0 saturated heterocycles. The maximum absolute atomic E-state index is 11.6. The lowest BCUT2D eigenvalue weighted by Crippen LogP contribution is -2.19. The van der Waals surface area contributed by atoms with Gasteiger partial charge in [0.05, 0.1) is 10.5 Å². The number of hydrogen-bond donors (Lipinski definition) is 0. The number of nitro groups is 1. The molecule has 0 unspecified atom stereocenters. The van der Waals surface area contributed by atoms with Crippen LogP contribution < -0.4 is 0 Å². The van der Waals surface area contributed by atoms with Crippen LogP contribution in [-0.4, -0.2) is 18.8 Å². The Morgan fingerprint density at radius 3 is 2.06 bits per heavy atom. The molecule has 164 valence electrons. The van der Waals surface area contributed by atoms with E-state index in [4.69, 9.17) is 0 Å². The molecule has 0 atom stereocenters. The molecule has 0 saturated carbocycles. The van der Waals surface area contributed by atoms with Gasteiger partial charge in [-0.25, -0.2) is 0 Å². The standard InChI is InChI=1S/C27H29NO2SSi/c1-32(2,3)20-19-31-26-17-13-23(14-18-26)11-15-25-16-12-24(21-27(25)28(29)30)10-9-22-7-5-4-6-8-22/h4-18,21H,19-20H2,1-3H3/b10-9+,15-11+. The van der Waals surface area contributed by atoms with Gasteiger partial charge >= 0.3 is 0 Å². The second-order valence-electron chi connectivity index (χ2n) is 8.88. The van der Waals surface area contributed by atoms with Gasteiger partial charge in [0.2, 0.25) is 0 Å². The van der Waals surface area contributed by atoms with E-state index in [1.54, 1.807) is 12.1 Å². The smallest absolute Gasteiger partial charge is 0.258 e. The molecule has 0 fully saturated rings. The number of nitro benzene ring substituents is 1. The molecule has 5 heteroatoms. The fraction of sp³-hybridized carbons (Fsp3) is 0.185. The van der Waals surface area contributed by atoms with Crippen LogP contribution in [-0.2, 0) is 0 Å². The summed E-state index contributed by atoms with van der Waals surface area (Å²) in [5.41, 5.74) is 3.59. The summed E-state index contributed by atoms with van der Waals surface area (Å²) in [5.74, 6) is 1.15. The lowest BCUT2D eigenvalue weighted by atomic mass is 10.1. The Kier molecular flexibility index (Phi) is 8.25. The Labute approximate surface area is 196 Å². The van der Waals surface area contributed by atoms with Crippen molar-refractivity contribution in [3.8, 4) is 0 Å². The summed E-state index contributed by atoms with van der Waals surface area (Å²) >= 11 is 1.90. The van der Waals surface area contributed by atoms with Gasteiger partial charge in [0.1, 0.15) is 0 Å². The highest BCUT2D eigenvalue weighted by atomic mass is 32.2. The molecule has 0 aliphatic rings. The van der Waals surface area contributed by atoms with Gasteiger partial charge in [-0.05, 0) is 52.8 Å². The predicted molar refractivity (Wildman–Crippen MR) is 143 cm³/mol. The number of thioether (sulfide) groups is 1. The molecular weight excluding hydrogens is 430 g/mol. The first-order valence-corrected chi connectivity index (χ1v) is 15.4. The molecule has 3 rings (SSSR count). The van der Waals surface area contributed by atoms with Crippen LogP contribution in [0.25, 0.3) is 24.3 Å². The van der Waals surface area contributed by atoms with Crippen LogP contribution in [0.1, 0.15) is 22.3 Å². The van der Waals surface area contributed by atoms with Crippen LogP contribution in [0.5, 0.6) is 0 Å². The van der Waals surface area contributed by atoms with Gasteiger partial charge in [0.25, 0.3) is 5.69 Å². The third-order valence-corrected chi connectivity index (χ3v) is 8.10. The zero-order chi connectivity index (χ0) is 23.0. The molecule has 32 heavy (non-hydrogen) atoms. The van der Waals surface area contributed by atoms with E-state index in [0.717, 1.165) is 22.4 Å². The Balaban J connectivity index is 1.69. The molecule has 0 aromatic heterocycles. The minimum atomic E-state index is -1.01. The average molecular weight is 460 g/mol. The molecule has 0 radical (unpaired) electrons. The Bertz CT molecular complexity index is 1100. The van der Waals surface area contributed by atoms with E-state index in [1.165, 1.54) is 10.9 Å². The summed E-state index contributed by atoms with van der Waals surface area (Å²) in [4.78, 5) is 12.6. The van der Waals surface area contributed by atoms with E-state index < -0.39 is 8.07 Å². The third kappa shape index (κ3) is 7.66. The first-order chi connectivity index (χ1) is 15.3.